The maximum absolute atomic E-state index is 12.3. The van der Waals surface area contributed by atoms with Crippen molar-refractivity contribution < 1.29 is 9.21 Å². The van der Waals surface area contributed by atoms with Gasteiger partial charge in [0.2, 0.25) is 0 Å². The van der Waals surface area contributed by atoms with E-state index in [1.165, 1.54) is 6.08 Å². The van der Waals surface area contributed by atoms with E-state index in [-0.39, 0.29) is 5.57 Å². The van der Waals surface area contributed by atoms with E-state index in [0.717, 1.165) is 14.5 Å². The van der Waals surface area contributed by atoms with Crippen LogP contribution in [-0.4, -0.2) is 5.91 Å². The van der Waals surface area contributed by atoms with E-state index in [4.69, 9.17) is 16.0 Å². The summed E-state index contributed by atoms with van der Waals surface area (Å²) in [7, 11) is 0. The van der Waals surface area contributed by atoms with Gasteiger partial charge in [-0.05, 0) is 54.6 Å². The Hall–Kier alpha value is -2.33. The molecule has 0 saturated heterocycles. The number of amides is 1. The Labute approximate surface area is 177 Å². The average Bonchev–Trinajstić information content (AvgIpc) is 3.12. The van der Waals surface area contributed by atoms with Crippen molar-refractivity contribution in [2.24, 2.45) is 0 Å². The van der Waals surface area contributed by atoms with E-state index in [9.17, 15) is 10.1 Å². The van der Waals surface area contributed by atoms with Crippen LogP contribution in [0.4, 0.5) is 5.69 Å². The first-order valence-electron chi connectivity index (χ1n) is 7.70. The van der Waals surface area contributed by atoms with Crippen molar-refractivity contribution in [3.05, 3.63) is 79.9 Å². The van der Waals surface area contributed by atoms with Crippen molar-refractivity contribution in [1.29, 1.82) is 5.26 Å². The Bertz CT molecular complexity index is 1070. The lowest BCUT2D eigenvalue weighted by Crippen LogP contribution is -2.13. The van der Waals surface area contributed by atoms with Gasteiger partial charge < -0.3 is 9.73 Å². The minimum atomic E-state index is -0.526. The molecule has 0 unspecified atom stereocenters. The third-order valence-electron chi connectivity index (χ3n) is 3.57. The predicted molar refractivity (Wildman–Crippen MR) is 113 cm³/mol. The van der Waals surface area contributed by atoms with Crippen LogP contribution in [0.15, 0.2) is 73.5 Å². The van der Waals surface area contributed by atoms with Gasteiger partial charge in [0.1, 0.15) is 23.2 Å². The van der Waals surface area contributed by atoms with Crippen LogP contribution in [0.5, 0.6) is 0 Å². The van der Waals surface area contributed by atoms with E-state index >= 15 is 0 Å². The maximum atomic E-state index is 12.3. The van der Waals surface area contributed by atoms with Crippen molar-refractivity contribution >= 4 is 61.1 Å². The highest BCUT2D eigenvalue weighted by Crippen LogP contribution is 2.32. The second-order valence-corrected chi connectivity index (χ2v) is 7.66. The molecule has 0 bridgehead atoms. The van der Waals surface area contributed by atoms with E-state index < -0.39 is 5.91 Å². The molecule has 0 aliphatic carbocycles. The van der Waals surface area contributed by atoms with Crippen LogP contribution < -0.4 is 5.32 Å². The number of benzene rings is 2. The summed E-state index contributed by atoms with van der Waals surface area (Å²) in [4.78, 5) is 12.3. The Morgan fingerprint density at radius 3 is 2.56 bits per heavy atom. The van der Waals surface area contributed by atoms with E-state index in [1.54, 1.807) is 36.4 Å². The molecule has 7 heteroatoms. The number of hydrogen-bond donors (Lipinski definition) is 1. The zero-order chi connectivity index (χ0) is 19.4. The minimum Gasteiger partial charge on any atom is -0.457 e. The second-order valence-electron chi connectivity index (χ2n) is 5.46. The molecule has 27 heavy (non-hydrogen) atoms. The van der Waals surface area contributed by atoms with Gasteiger partial charge in [-0.3, -0.25) is 4.79 Å². The predicted octanol–water partition coefficient (Wildman–Crippen LogP) is 6.67. The maximum Gasteiger partial charge on any atom is 0.266 e. The number of anilines is 1. The molecule has 134 valence electrons. The lowest BCUT2D eigenvalue weighted by atomic mass is 10.2. The molecule has 0 fully saturated rings. The highest BCUT2D eigenvalue weighted by Gasteiger charge is 2.13. The topological polar surface area (TPSA) is 66.0 Å². The van der Waals surface area contributed by atoms with Gasteiger partial charge in [-0.1, -0.05) is 43.5 Å². The number of hydrogen-bond acceptors (Lipinski definition) is 3. The molecule has 0 atom stereocenters. The molecule has 1 N–H and O–H groups in total. The Kier molecular flexibility index (Phi) is 6.17. The SMILES string of the molecule is N#C/C(=C\c1ccc(-c2cc(Br)ccc2Br)o1)C(=O)Nc1ccc(Cl)cc1. The summed E-state index contributed by atoms with van der Waals surface area (Å²) >= 11 is 12.7. The zero-order valence-electron chi connectivity index (χ0n) is 13.7. The van der Waals surface area contributed by atoms with Crippen molar-refractivity contribution in [2.75, 3.05) is 5.32 Å². The molecule has 0 spiro atoms. The van der Waals surface area contributed by atoms with Gasteiger partial charge in [-0.25, -0.2) is 0 Å². The lowest BCUT2D eigenvalue weighted by molar-refractivity contribution is -0.112. The van der Waals surface area contributed by atoms with Gasteiger partial charge in [0, 0.05) is 31.3 Å². The molecule has 1 amide bonds. The largest absolute Gasteiger partial charge is 0.457 e. The molecular formula is C20H11Br2ClN2O2. The molecule has 3 rings (SSSR count). The van der Waals surface area contributed by atoms with Crippen LogP contribution in [0.2, 0.25) is 5.02 Å². The lowest BCUT2D eigenvalue weighted by Gasteiger charge is -2.04. The van der Waals surface area contributed by atoms with Crippen LogP contribution >= 0.6 is 43.5 Å². The summed E-state index contributed by atoms with van der Waals surface area (Å²) in [6.07, 6.45) is 1.40. The summed E-state index contributed by atoms with van der Waals surface area (Å²) in [5.41, 5.74) is 1.33. The first kappa shape index (κ1) is 19.4. The molecule has 2 aromatic carbocycles. The van der Waals surface area contributed by atoms with E-state index in [2.05, 4.69) is 37.2 Å². The Balaban J connectivity index is 1.83. The Morgan fingerprint density at radius 2 is 1.85 bits per heavy atom. The summed E-state index contributed by atoms with van der Waals surface area (Å²) in [6, 6.07) is 17.7. The summed E-state index contributed by atoms with van der Waals surface area (Å²) < 4.78 is 7.56. The zero-order valence-corrected chi connectivity index (χ0v) is 17.6. The number of nitriles is 1. The van der Waals surface area contributed by atoms with Gasteiger partial charge in [-0.15, -0.1) is 0 Å². The highest BCUT2D eigenvalue weighted by molar-refractivity contribution is 9.11. The van der Waals surface area contributed by atoms with Crippen molar-refractivity contribution in [3.63, 3.8) is 0 Å². The second kappa shape index (κ2) is 8.57. The number of carbonyl (C=O) groups excluding carboxylic acids is 1. The summed E-state index contributed by atoms with van der Waals surface area (Å²) in [5.74, 6) is 0.492. The number of nitrogens with one attached hydrogen (secondary N) is 1. The molecule has 3 aromatic rings. The van der Waals surface area contributed by atoms with Crippen molar-refractivity contribution in [3.8, 4) is 17.4 Å². The number of carbonyl (C=O) groups is 1. The molecule has 1 aromatic heterocycles. The molecule has 4 nitrogen and oxygen atoms in total. The number of halogens is 3. The molecular weight excluding hydrogens is 495 g/mol. The normalized spacial score (nSPS) is 11.1. The van der Waals surface area contributed by atoms with E-state index in [1.807, 2.05) is 24.3 Å². The summed E-state index contributed by atoms with van der Waals surface area (Å²) in [6.45, 7) is 0. The van der Waals surface area contributed by atoms with Crippen LogP contribution in [0.25, 0.3) is 17.4 Å². The average molecular weight is 507 g/mol. The first-order valence-corrected chi connectivity index (χ1v) is 9.66. The third kappa shape index (κ3) is 4.89. The molecule has 0 aliphatic rings. The van der Waals surface area contributed by atoms with Gasteiger partial charge >= 0.3 is 0 Å². The van der Waals surface area contributed by atoms with Crippen LogP contribution in [0.1, 0.15) is 5.76 Å². The van der Waals surface area contributed by atoms with Crippen molar-refractivity contribution in [1.82, 2.24) is 0 Å². The summed E-state index contributed by atoms with van der Waals surface area (Å²) in [5, 5.41) is 12.5. The number of nitrogens with zero attached hydrogens (tertiary/aromatic N) is 1. The monoisotopic (exact) mass is 504 g/mol. The van der Waals surface area contributed by atoms with Gasteiger partial charge in [0.05, 0.1) is 0 Å². The first-order chi connectivity index (χ1) is 13.0. The number of rotatable bonds is 4. The quantitative estimate of drug-likeness (QED) is 0.317. The van der Waals surface area contributed by atoms with Gasteiger partial charge in [0.25, 0.3) is 5.91 Å². The highest BCUT2D eigenvalue weighted by atomic mass is 79.9. The van der Waals surface area contributed by atoms with Gasteiger partial charge in [-0.2, -0.15) is 5.26 Å². The molecule has 0 saturated carbocycles. The van der Waals surface area contributed by atoms with Crippen LogP contribution in [-0.2, 0) is 4.79 Å². The fourth-order valence-electron chi connectivity index (χ4n) is 2.28. The standard InChI is InChI=1S/C20H11Br2ClN2O2/c21-13-1-7-18(22)17(10-13)19-8-6-16(27-19)9-12(11-24)20(26)25-15-4-2-14(23)3-5-15/h1-10H,(H,25,26)/b12-9+. The molecule has 0 aliphatic heterocycles. The van der Waals surface area contributed by atoms with Crippen LogP contribution in [0.3, 0.4) is 0 Å². The molecule has 0 radical (unpaired) electrons. The fraction of sp³-hybridized carbons (Fsp3) is 0. The number of furan rings is 1. The Morgan fingerprint density at radius 1 is 1.11 bits per heavy atom. The van der Waals surface area contributed by atoms with Crippen molar-refractivity contribution in [2.45, 2.75) is 0 Å². The third-order valence-corrected chi connectivity index (χ3v) is 5.01. The van der Waals surface area contributed by atoms with Gasteiger partial charge in [0.15, 0.2) is 0 Å². The van der Waals surface area contributed by atoms with Crippen LogP contribution in [0, 0.1) is 11.3 Å². The van der Waals surface area contributed by atoms with E-state index in [0.29, 0.717) is 22.2 Å². The smallest absolute Gasteiger partial charge is 0.266 e. The fourth-order valence-corrected chi connectivity index (χ4v) is 3.21. The minimum absolute atomic E-state index is 0.0702. The molecule has 1 heterocycles.